The first-order chi connectivity index (χ1) is 30.3. The van der Waals surface area contributed by atoms with Gasteiger partial charge in [-0.1, -0.05) is 177 Å². The lowest BCUT2D eigenvalue weighted by Crippen LogP contribution is -2.26. The number of hydrogen-bond donors (Lipinski definition) is 0. The number of nitrogens with zero attached hydrogens (tertiary/aromatic N) is 2. The van der Waals surface area contributed by atoms with E-state index in [9.17, 15) is 0 Å². The SMILES string of the molecule is CC1(C)c2ccccc2-c2c1cc1cc2C2(C)c3ccccc3-c3ccc(cc32)N(c2ccccc2-c2ccccc2)c2cc(Cl)cc(c2)N1c1ccccc1-c1ccccc1. The van der Waals surface area contributed by atoms with E-state index in [1.807, 2.05) is 0 Å². The molecule has 0 radical (unpaired) electrons. The van der Waals surface area contributed by atoms with Gasteiger partial charge in [0.25, 0.3) is 0 Å². The summed E-state index contributed by atoms with van der Waals surface area (Å²) in [6.07, 6.45) is 0. The molecule has 0 amide bonds. The molecule has 1 heterocycles. The summed E-state index contributed by atoms with van der Waals surface area (Å²) in [5.41, 5.74) is 21.9. The van der Waals surface area contributed by atoms with Crippen LogP contribution in [0.4, 0.5) is 34.1 Å². The smallest absolute Gasteiger partial charge is 0.0540 e. The predicted molar refractivity (Wildman–Crippen MR) is 260 cm³/mol. The predicted octanol–water partition coefficient (Wildman–Crippen LogP) is 16.6. The minimum atomic E-state index is -0.519. The molecule has 0 fully saturated rings. The highest BCUT2D eigenvalue weighted by Gasteiger charge is 2.47. The van der Waals surface area contributed by atoms with Crippen LogP contribution in [0.5, 0.6) is 0 Å². The van der Waals surface area contributed by atoms with Gasteiger partial charge in [-0.3, -0.25) is 0 Å². The van der Waals surface area contributed by atoms with Crippen molar-refractivity contribution in [1.82, 2.24) is 0 Å². The number of hydrogen-bond acceptors (Lipinski definition) is 2. The van der Waals surface area contributed by atoms with Gasteiger partial charge in [-0.25, -0.2) is 0 Å². The molecule has 0 spiro atoms. The summed E-state index contributed by atoms with van der Waals surface area (Å²) >= 11 is 7.43. The van der Waals surface area contributed by atoms with Crippen LogP contribution < -0.4 is 9.80 Å². The Balaban J connectivity index is 1.26. The Bertz CT molecular complexity index is 3260. The molecule has 9 aromatic carbocycles. The zero-order valence-electron chi connectivity index (χ0n) is 34.9. The average Bonchev–Trinajstić information content (AvgIpc) is 3.70. The molecule has 0 aromatic heterocycles. The van der Waals surface area contributed by atoms with Gasteiger partial charge in [-0.05, 0) is 123 Å². The zero-order chi connectivity index (χ0) is 41.7. The third-order valence-electron chi connectivity index (χ3n) is 13.9. The highest BCUT2D eigenvalue weighted by atomic mass is 35.5. The van der Waals surface area contributed by atoms with Crippen LogP contribution in [0.1, 0.15) is 48.6 Å². The Kier molecular flexibility index (Phi) is 8.10. The van der Waals surface area contributed by atoms with Crippen LogP contribution in [0.3, 0.4) is 0 Å². The summed E-state index contributed by atoms with van der Waals surface area (Å²) in [5.74, 6) is 0. The molecule has 6 bridgehead atoms. The molecule has 2 nitrogen and oxygen atoms in total. The second-order valence-corrected chi connectivity index (χ2v) is 18.0. The molecule has 1 unspecified atom stereocenters. The maximum Gasteiger partial charge on any atom is 0.0540 e. The summed E-state index contributed by atoms with van der Waals surface area (Å²) < 4.78 is 0. The molecule has 0 saturated carbocycles. The summed E-state index contributed by atoms with van der Waals surface area (Å²) in [5, 5.41) is 0.659. The van der Waals surface area contributed by atoms with Crippen LogP contribution in [0.15, 0.2) is 206 Å². The van der Waals surface area contributed by atoms with Crippen molar-refractivity contribution in [3.63, 3.8) is 0 Å². The first-order valence-electron chi connectivity index (χ1n) is 21.5. The van der Waals surface area contributed by atoms with Gasteiger partial charge in [0, 0.05) is 49.7 Å². The molecule has 0 saturated heterocycles. The van der Waals surface area contributed by atoms with Crippen molar-refractivity contribution in [1.29, 1.82) is 0 Å². The number of halogens is 1. The van der Waals surface area contributed by atoms with Gasteiger partial charge in [0.1, 0.15) is 0 Å². The summed E-state index contributed by atoms with van der Waals surface area (Å²) in [6.45, 7) is 7.27. The van der Waals surface area contributed by atoms with E-state index in [4.69, 9.17) is 11.6 Å². The minimum absolute atomic E-state index is 0.255. The lowest BCUT2D eigenvalue weighted by Gasteiger charge is -2.37. The van der Waals surface area contributed by atoms with Gasteiger partial charge >= 0.3 is 0 Å². The van der Waals surface area contributed by atoms with E-state index in [0.29, 0.717) is 5.02 Å². The molecule has 3 aliphatic rings. The maximum absolute atomic E-state index is 7.43. The van der Waals surface area contributed by atoms with Gasteiger partial charge in [0.15, 0.2) is 0 Å². The highest BCUT2D eigenvalue weighted by Crippen LogP contribution is 2.61. The van der Waals surface area contributed by atoms with Gasteiger partial charge in [-0.15, -0.1) is 0 Å². The van der Waals surface area contributed by atoms with Crippen molar-refractivity contribution in [2.45, 2.75) is 31.6 Å². The fourth-order valence-corrected chi connectivity index (χ4v) is 11.2. The fraction of sp³-hybridized carbons (Fsp3) is 0.0847. The zero-order valence-corrected chi connectivity index (χ0v) is 35.7. The molecular formula is C59H43ClN2. The molecule has 0 N–H and O–H groups in total. The molecular weight excluding hydrogens is 772 g/mol. The van der Waals surface area contributed by atoms with Gasteiger partial charge in [-0.2, -0.15) is 0 Å². The van der Waals surface area contributed by atoms with Crippen molar-refractivity contribution >= 4 is 45.7 Å². The Morgan fingerprint density at radius 1 is 0.339 bits per heavy atom. The van der Waals surface area contributed by atoms with E-state index in [-0.39, 0.29) is 5.41 Å². The van der Waals surface area contributed by atoms with Crippen molar-refractivity contribution in [2.75, 3.05) is 9.80 Å². The number of anilines is 6. The summed E-state index contributed by atoms with van der Waals surface area (Å²) in [4.78, 5) is 4.88. The third kappa shape index (κ3) is 5.30. The van der Waals surface area contributed by atoms with E-state index >= 15 is 0 Å². The van der Waals surface area contributed by atoms with Crippen LogP contribution in [-0.2, 0) is 10.8 Å². The van der Waals surface area contributed by atoms with E-state index in [2.05, 4.69) is 237 Å². The normalized spacial score (nSPS) is 16.2. The molecule has 1 aliphatic heterocycles. The molecule has 3 heteroatoms. The van der Waals surface area contributed by atoms with Crippen LogP contribution in [0.2, 0.25) is 5.02 Å². The van der Waals surface area contributed by atoms with E-state index < -0.39 is 5.41 Å². The van der Waals surface area contributed by atoms with Crippen LogP contribution in [-0.4, -0.2) is 0 Å². The van der Waals surface area contributed by atoms with Crippen LogP contribution in [0, 0.1) is 0 Å². The topological polar surface area (TPSA) is 6.48 Å². The standard InChI is InChI=1S/C59H43ClN2/c1-58(2)50-26-14-11-25-49(50)57-53(58)36-44-37-54(57)59(3)51-27-15-10-24-47(51)48-31-30-41(35-52(48)59)61(55-28-16-12-22-45(55)38-18-6-4-7-19-38)42-32-40(60)33-43(34-42)62(44)56-29-17-13-23-46(56)39-20-8-5-9-21-39/h4-37H,1-3H3. The first-order valence-corrected chi connectivity index (χ1v) is 21.9. The van der Waals surface area contributed by atoms with Gasteiger partial charge < -0.3 is 9.80 Å². The second-order valence-electron chi connectivity index (χ2n) is 17.6. The average molecular weight is 815 g/mol. The molecule has 12 rings (SSSR count). The summed E-state index contributed by atoms with van der Waals surface area (Å²) in [6, 6.07) is 75.8. The molecule has 296 valence electrons. The maximum atomic E-state index is 7.43. The Morgan fingerprint density at radius 3 is 1.42 bits per heavy atom. The second kappa shape index (κ2) is 13.7. The Morgan fingerprint density at radius 2 is 0.790 bits per heavy atom. The van der Waals surface area contributed by atoms with Crippen molar-refractivity contribution in [3.05, 3.63) is 239 Å². The minimum Gasteiger partial charge on any atom is -0.310 e. The Hall–Kier alpha value is -7.13. The highest BCUT2D eigenvalue weighted by molar-refractivity contribution is 6.31. The van der Waals surface area contributed by atoms with Crippen LogP contribution >= 0.6 is 11.6 Å². The van der Waals surface area contributed by atoms with Crippen LogP contribution in [0.25, 0.3) is 44.5 Å². The molecule has 62 heavy (non-hydrogen) atoms. The van der Waals surface area contributed by atoms with E-state index in [0.717, 1.165) is 56.4 Å². The molecule has 2 aliphatic carbocycles. The van der Waals surface area contributed by atoms with Crippen molar-refractivity contribution in [3.8, 4) is 44.5 Å². The first kappa shape index (κ1) is 36.7. The number of benzene rings is 9. The third-order valence-corrected chi connectivity index (χ3v) is 14.1. The van der Waals surface area contributed by atoms with E-state index in [1.54, 1.807) is 0 Å². The number of rotatable bonds is 4. The largest absolute Gasteiger partial charge is 0.310 e. The lowest BCUT2D eigenvalue weighted by atomic mass is 9.70. The Labute approximate surface area is 369 Å². The van der Waals surface area contributed by atoms with Crippen molar-refractivity contribution in [2.24, 2.45) is 0 Å². The summed E-state index contributed by atoms with van der Waals surface area (Å²) in [7, 11) is 0. The van der Waals surface area contributed by atoms with Gasteiger partial charge in [0.05, 0.1) is 11.4 Å². The van der Waals surface area contributed by atoms with Gasteiger partial charge in [0.2, 0.25) is 0 Å². The molecule has 1 atom stereocenters. The number of fused-ring (bicyclic) bond motifs is 13. The molecule has 9 aromatic rings. The fourth-order valence-electron chi connectivity index (χ4n) is 11.0. The quantitative estimate of drug-likeness (QED) is 0.175. The van der Waals surface area contributed by atoms with Crippen molar-refractivity contribution < 1.29 is 0 Å². The lowest BCUT2D eigenvalue weighted by molar-refractivity contribution is 0.656. The van der Waals surface area contributed by atoms with E-state index in [1.165, 1.54) is 50.1 Å². The monoisotopic (exact) mass is 814 g/mol. The number of para-hydroxylation sites is 2.